The Morgan fingerprint density at radius 1 is 0.593 bits per heavy atom. The van der Waals surface area contributed by atoms with E-state index in [1.807, 2.05) is 0 Å². The van der Waals surface area contributed by atoms with Crippen LogP contribution in [0, 0.1) is 0 Å². The first-order valence-corrected chi connectivity index (χ1v) is 11.2. The molecule has 0 radical (unpaired) electrons. The predicted octanol–water partition coefficient (Wildman–Crippen LogP) is 8.18. The van der Waals surface area contributed by atoms with Gasteiger partial charge in [-0.1, -0.05) is 105 Å². The van der Waals surface area contributed by atoms with Gasteiger partial charge in [0.25, 0.3) is 0 Å². The SMILES string of the molecule is CCCCc1ccc[c-]1CCCC.CCCCc1ccc[c-]1CCCC.[Hf]. The Bertz CT molecular complexity index is 451. The molecule has 0 atom stereocenters. The minimum atomic E-state index is 0. The molecule has 152 valence electrons. The maximum atomic E-state index is 2.29. The number of aryl methyl sites for hydroxylation is 4. The first-order chi connectivity index (χ1) is 12.8. The van der Waals surface area contributed by atoms with Crippen molar-refractivity contribution in [3.63, 3.8) is 0 Å². The second kappa shape index (κ2) is 17.7. The van der Waals surface area contributed by atoms with Gasteiger partial charge in [0.1, 0.15) is 0 Å². The van der Waals surface area contributed by atoms with Crippen molar-refractivity contribution in [2.75, 3.05) is 0 Å². The van der Waals surface area contributed by atoms with Crippen molar-refractivity contribution in [2.24, 2.45) is 0 Å². The standard InChI is InChI=1S/2C13H21.Hf/c2*1-3-5-8-12-10-7-11-13(12)9-6-4-2;/h2*7,10-11H,3-6,8-9H2,1-2H3;/q2*-1;. The second-order valence-electron chi connectivity index (χ2n) is 7.57. The van der Waals surface area contributed by atoms with Gasteiger partial charge in [-0.3, -0.25) is 0 Å². The Kier molecular flexibility index (Phi) is 17.4. The number of rotatable bonds is 12. The Morgan fingerprint density at radius 2 is 0.963 bits per heavy atom. The molecule has 0 heterocycles. The maximum absolute atomic E-state index is 2.29. The van der Waals surface area contributed by atoms with Crippen molar-refractivity contribution in [2.45, 2.75) is 105 Å². The molecule has 0 nitrogen and oxygen atoms in total. The molecule has 1 heteroatoms. The van der Waals surface area contributed by atoms with Gasteiger partial charge in [-0.15, -0.1) is 0 Å². The summed E-state index contributed by atoms with van der Waals surface area (Å²) in [7, 11) is 0. The third-order valence-electron chi connectivity index (χ3n) is 5.21. The van der Waals surface area contributed by atoms with Crippen LogP contribution in [0.1, 0.15) is 101 Å². The van der Waals surface area contributed by atoms with E-state index in [0.717, 1.165) is 0 Å². The van der Waals surface area contributed by atoms with Gasteiger partial charge in [0.15, 0.2) is 0 Å². The molecule has 2 aromatic rings. The van der Waals surface area contributed by atoms with Crippen molar-refractivity contribution in [3.05, 3.63) is 58.7 Å². The first kappa shape index (κ1) is 26.6. The van der Waals surface area contributed by atoms with Gasteiger partial charge in [0, 0.05) is 25.8 Å². The van der Waals surface area contributed by atoms with Gasteiger partial charge in [0.2, 0.25) is 0 Å². The molecule has 0 amide bonds. The van der Waals surface area contributed by atoms with E-state index in [1.165, 1.54) is 77.0 Å². The van der Waals surface area contributed by atoms with Crippen LogP contribution < -0.4 is 0 Å². The van der Waals surface area contributed by atoms with Crippen LogP contribution >= 0.6 is 0 Å². The van der Waals surface area contributed by atoms with Crippen molar-refractivity contribution in [1.29, 1.82) is 0 Å². The van der Waals surface area contributed by atoms with E-state index in [-0.39, 0.29) is 25.8 Å². The van der Waals surface area contributed by atoms with Gasteiger partial charge in [-0.2, -0.15) is 34.4 Å². The molecule has 0 aliphatic heterocycles. The zero-order chi connectivity index (χ0) is 19.0. The third-order valence-corrected chi connectivity index (χ3v) is 5.21. The fourth-order valence-electron chi connectivity index (χ4n) is 3.43. The van der Waals surface area contributed by atoms with E-state index < -0.39 is 0 Å². The van der Waals surface area contributed by atoms with Crippen molar-refractivity contribution < 1.29 is 25.8 Å². The fourth-order valence-corrected chi connectivity index (χ4v) is 3.43. The molecule has 2 aromatic carbocycles. The summed E-state index contributed by atoms with van der Waals surface area (Å²) in [4.78, 5) is 0. The van der Waals surface area contributed by atoms with Gasteiger partial charge < -0.3 is 0 Å². The quantitative estimate of drug-likeness (QED) is 0.191. The summed E-state index contributed by atoms with van der Waals surface area (Å²) in [5.74, 6) is 0. The van der Waals surface area contributed by atoms with Crippen molar-refractivity contribution >= 4 is 0 Å². The Hall–Kier alpha value is -0.430. The van der Waals surface area contributed by atoms with E-state index in [0.29, 0.717) is 0 Å². The molecule has 0 saturated heterocycles. The van der Waals surface area contributed by atoms with E-state index >= 15 is 0 Å². The molecule has 27 heavy (non-hydrogen) atoms. The molecular weight excluding hydrogens is 491 g/mol. The smallest absolute Gasteiger partial charge is 0 e. The summed E-state index contributed by atoms with van der Waals surface area (Å²) < 4.78 is 0. The zero-order valence-electron chi connectivity index (χ0n) is 18.4. The fraction of sp³-hybridized carbons (Fsp3) is 0.615. The summed E-state index contributed by atoms with van der Waals surface area (Å²) in [5.41, 5.74) is 6.37. The average molecular weight is 533 g/mol. The van der Waals surface area contributed by atoms with Crippen LogP contribution in [0.5, 0.6) is 0 Å². The molecule has 0 aliphatic rings. The number of hydrogen-bond acceptors (Lipinski definition) is 0. The summed E-state index contributed by atoms with van der Waals surface area (Å²) in [5, 5.41) is 0. The second-order valence-corrected chi connectivity index (χ2v) is 7.57. The summed E-state index contributed by atoms with van der Waals surface area (Å²) in [6.07, 6.45) is 15.7. The molecular formula is C26H42Hf-2. The van der Waals surface area contributed by atoms with Crippen LogP contribution in [0.15, 0.2) is 36.4 Å². The minimum Gasteiger partial charge on any atom is -0.213 e. The molecule has 0 unspecified atom stereocenters. The van der Waals surface area contributed by atoms with Gasteiger partial charge >= 0.3 is 0 Å². The molecule has 0 fully saturated rings. The van der Waals surface area contributed by atoms with E-state index in [9.17, 15) is 0 Å². The Balaban J connectivity index is 0.000000483. The molecule has 0 aliphatic carbocycles. The van der Waals surface area contributed by atoms with Gasteiger partial charge in [0.05, 0.1) is 0 Å². The maximum Gasteiger partial charge on any atom is 0 e. The Labute approximate surface area is 188 Å². The van der Waals surface area contributed by atoms with Crippen molar-refractivity contribution in [1.82, 2.24) is 0 Å². The predicted molar refractivity (Wildman–Crippen MR) is 119 cm³/mol. The zero-order valence-corrected chi connectivity index (χ0v) is 22.0. The van der Waals surface area contributed by atoms with Crippen LogP contribution in [-0.4, -0.2) is 0 Å². The van der Waals surface area contributed by atoms with Crippen LogP contribution in [-0.2, 0) is 51.5 Å². The number of hydrogen-bond donors (Lipinski definition) is 0. The van der Waals surface area contributed by atoms with Crippen molar-refractivity contribution in [3.8, 4) is 0 Å². The molecule has 0 saturated carbocycles. The van der Waals surface area contributed by atoms with E-state index in [2.05, 4.69) is 64.1 Å². The Morgan fingerprint density at radius 3 is 1.30 bits per heavy atom. The van der Waals surface area contributed by atoms with E-state index in [4.69, 9.17) is 0 Å². The number of unbranched alkanes of at least 4 members (excludes halogenated alkanes) is 4. The molecule has 2 rings (SSSR count). The minimum absolute atomic E-state index is 0. The van der Waals surface area contributed by atoms with Gasteiger partial charge in [-0.05, 0) is 0 Å². The molecule has 0 bridgehead atoms. The molecule has 0 spiro atoms. The topological polar surface area (TPSA) is 0 Å². The average Bonchev–Trinajstić information content (AvgIpc) is 3.30. The first-order valence-electron chi connectivity index (χ1n) is 11.2. The third kappa shape index (κ3) is 11.2. The van der Waals surface area contributed by atoms with Crippen LogP contribution in [0.25, 0.3) is 0 Å². The van der Waals surface area contributed by atoms with Crippen LogP contribution in [0.2, 0.25) is 0 Å². The summed E-state index contributed by atoms with van der Waals surface area (Å²) >= 11 is 0. The van der Waals surface area contributed by atoms with Crippen LogP contribution in [0.4, 0.5) is 0 Å². The summed E-state index contributed by atoms with van der Waals surface area (Å²) in [6.45, 7) is 9.03. The largest absolute Gasteiger partial charge is 0.213 e. The molecule has 0 N–H and O–H groups in total. The van der Waals surface area contributed by atoms with Crippen LogP contribution in [0.3, 0.4) is 0 Å². The molecule has 0 aromatic heterocycles. The monoisotopic (exact) mass is 534 g/mol. The van der Waals surface area contributed by atoms with E-state index in [1.54, 1.807) is 22.3 Å². The normalized spacial score (nSPS) is 10.2. The summed E-state index contributed by atoms with van der Waals surface area (Å²) in [6, 6.07) is 13.6. The van der Waals surface area contributed by atoms with Gasteiger partial charge in [-0.25, -0.2) is 24.3 Å².